The highest BCUT2D eigenvalue weighted by molar-refractivity contribution is 5.91. The third-order valence-electron chi connectivity index (χ3n) is 3.91. The van der Waals surface area contributed by atoms with Gasteiger partial charge < -0.3 is 19.1 Å². The van der Waals surface area contributed by atoms with E-state index in [-0.39, 0.29) is 0 Å². The van der Waals surface area contributed by atoms with Crippen molar-refractivity contribution in [2.24, 2.45) is 0 Å². The Kier molecular flexibility index (Phi) is 3.37. The van der Waals surface area contributed by atoms with E-state index in [2.05, 4.69) is 30.1 Å². The van der Waals surface area contributed by atoms with Crippen molar-refractivity contribution in [1.82, 2.24) is 0 Å². The van der Waals surface area contributed by atoms with Crippen LogP contribution < -0.4 is 19.1 Å². The predicted octanol–water partition coefficient (Wildman–Crippen LogP) is 3.33. The Balaban J connectivity index is 2.37. The van der Waals surface area contributed by atoms with E-state index in [1.807, 2.05) is 12.1 Å². The Hall–Kier alpha value is -2.36. The molecule has 21 heavy (non-hydrogen) atoms. The van der Waals surface area contributed by atoms with Gasteiger partial charge in [-0.3, -0.25) is 0 Å². The molecular weight excluding hydrogens is 266 g/mol. The lowest BCUT2D eigenvalue weighted by atomic mass is 9.92. The number of rotatable bonds is 3. The molecule has 0 aliphatic carbocycles. The van der Waals surface area contributed by atoms with Crippen LogP contribution in [-0.2, 0) is 6.54 Å². The van der Waals surface area contributed by atoms with Crippen LogP contribution in [0.3, 0.4) is 0 Å². The van der Waals surface area contributed by atoms with Crippen LogP contribution >= 0.6 is 0 Å². The van der Waals surface area contributed by atoms with Crippen LogP contribution in [0.1, 0.15) is 5.56 Å². The molecule has 0 spiro atoms. The first-order chi connectivity index (χ1) is 10.2. The molecule has 4 heteroatoms. The highest BCUT2D eigenvalue weighted by Crippen LogP contribution is 2.52. The zero-order valence-corrected chi connectivity index (χ0v) is 12.8. The maximum absolute atomic E-state index is 5.65. The Morgan fingerprint density at radius 1 is 0.952 bits per heavy atom. The number of ether oxygens (including phenoxy) is 3. The molecule has 0 bridgehead atoms. The van der Waals surface area contributed by atoms with Gasteiger partial charge in [0, 0.05) is 19.7 Å². The summed E-state index contributed by atoms with van der Waals surface area (Å²) in [6.45, 7) is 0.863. The van der Waals surface area contributed by atoms with Crippen molar-refractivity contribution in [2.45, 2.75) is 6.54 Å². The summed E-state index contributed by atoms with van der Waals surface area (Å²) in [6.07, 6.45) is 0. The van der Waals surface area contributed by atoms with Gasteiger partial charge in [0.15, 0.2) is 11.5 Å². The molecule has 0 saturated heterocycles. The van der Waals surface area contributed by atoms with Crippen LogP contribution in [0.15, 0.2) is 30.3 Å². The largest absolute Gasteiger partial charge is 0.493 e. The van der Waals surface area contributed by atoms with E-state index in [1.54, 1.807) is 21.3 Å². The average Bonchev–Trinajstić information content (AvgIpc) is 2.52. The quantitative estimate of drug-likeness (QED) is 0.865. The van der Waals surface area contributed by atoms with Crippen LogP contribution in [0, 0.1) is 0 Å². The van der Waals surface area contributed by atoms with E-state index in [1.165, 1.54) is 11.1 Å². The zero-order chi connectivity index (χ0) is 15.0. The molecule has 3 rings (SSSR count). The van der Waals surface area contributed by atoms with Crippen molar-refractivity contribution in [1.29, 1.82) is 0 Å². The second-order valence-electron chi connectivity index (χ2n) is 5.05. The van der Waals surface area contributed by atoms with Gasteiger partial charge in [-0.2, -0.15) is 0 Å². The number of hydrogen-bond donors (Lipinski definition) is 0. The van der Waals surface area contributed by atoms with Crippen molar-refractivity contribution in [3.63, 3.8) is 0 Å². The minimum atomic E-state index is 0.629. The Morgan fingerprint density at radius 2 is 1.67 bits per heavy atom. The van der Waals surface area contributed by atoms with Crippen LogP contribution in [-0.4, -0.2) is 28.4 Å². The molecule has 2 aromatic carbocycles. The van der Waals surface area contributed by atoms with Crippen molar-refractivity contribution in [3.8, 4) is 28.4 Å². The Labute approximate surface area is 124 Å². The van der Waals surface area contributed by atoms with E-state index in [4.69, 9.17) is 14.2 Å². The van der Waals surface area contributed by atoms with Gasteiger partial charge in [0.2, 0.25) is 5.75 Å². The summed E-state index contributed by atoms with van der Waals surface area (Å²) in [5.74, 6) is 2.02. The fourth-order valence-electron chi connectivity index (χ4n) is 2.95. The van der Waals surface area contributed by atoms with Crippen LogP contribution in [0.4, 0.5) is 5.69 Å². The molecule has 4 nitrogen and oxygen atoms in total. The van der Waals surface area contributed by atoms with Gasteiger partial charge in [0.05, 0.1) is 32.6 Å². The summed E-state index contributed by atoms with van der Waals surface area (Å²) < 4.78 is 16.6. The third-order valence-corrected chi connectivity index (χ3v) is 3.91. The highest BCUT2D eigenvalue weighted by Gasteiger charge is 2.28. The number of nitrogens with zero attached hydrogens (tertiary/aromatic N) is 1. The van der Waals surface area contributed by atoms with Gasteiger partial charge in [-0.25, -0.2) is 0 Å². The first kappa shape index (κ1) is 13.6. The second kappa shape index (κ2) is 5.20. The van der Waals surface area contributed by atoms with Crippen LogP contribution in [0.2, 0.25) is 0 Å². The van der Waals surface area contributed by atoms with Gasteiger partial charge in [-0.05, 0) is 11.1 Å². The molecule has 0 fully saturated rings. The van der Waals surface area contributed by atoms with Gasteiger partial charge in [-0.15, -0.1) is 0 Å². The zero-order valence-electron chi connectivity index (χ0n) is 12.8. The number of methoxy groups -OCH3 is 3. The fraction of sp³-hybridized carbons (Fsp3) is 0.294. The number of anilines is 1. The fourth-order valence-corrected chi connectivity index (χ4v) is 2.95. The van der Waals surface area contributed by atoms with Gasteiger partial charge in [0.1, 0.15) is 0 Å². The molecule has 1 aliphatic heterocycles. The second-order valence-corrected chi connectivity index (χ2v) is 5.05. The number of benzene rings is 2. The maximum Gasteiger partial charge on any atom is 0.204 e. The first-order valence-electron chi connectivity index (χ1n) is 6.83. The standard InChI is InChI=1S/C17H19NO3/c1-18-10-11-7-5-6-8-12(11)15-13(18)9-14(19-2)16(20-3)17(15)21-4/h5-9H,10H2,1-4H3. The maximum atomic E-state index is 5.65. The van der Waals surface area contributed by atoms with E-state index in [9.17, 15) is 0 Å². The number of fused-ring (bicyclic) bond motifs is 3. The van der Waals surface area contributed by atoms with Crippen molar-refractivity contribution >= 4 is 5.69 Å². The molecule has 0 saturated carbocycles. The van der Waals surface area contributed by atoms with Crippen molar-refractivity contribution < 1.29 is 14.2 Å². The molecule has 110 valence electrons. The average molecular weight is 285 g/mol. The topological polar surface area (TPSA) is 30.9 Å². The molecule has 0 radical (unpaired) electrons. The number of hydrogen-bond acceptors (Lipinski definition) is 4. The summed E-state index contributed by atoms with van der Waals surface area (Å²) in [4.78, 5) is 2.20. The molecule has 1 aliphatic rings. The van der Waals surface area contributed by atoms with E-state index < -0.39 is 0 Å². The molecular formula is C17H19NO3. The summed E-state index contributed by atoms with van der Waals surface area (Å²) in [5, 5.41) is 0. The van der Waals surface area contributed by atoms with Crippen molar-refractivity contribution in [3.05, 3.63) is 35.9 Å². The third kappa shape index (κ3) is 1.98. The first-order valence-corrected chi connectivity index (χ1v) is 6.83. The van der Waals surface area contributed by atoms with E-state index in [0.717, 1.165) is 17.8 Å². The molecule has 0 aromatic heterocycles. The molecule has 0 amide bonds. The summed E-state index contributed by atoms with van der Waals surface area (Å²) in [7, 11) is 7.00. The lowest BCUT2D eigenvalue weighted by molar-refractivity contribution is 0.325. The Morgan fingerprint density at radius 3 is 2.33 bits per heavy atom. The molecule has 0 atom stereocenters. The molecule has 1 heterocycles. The minimum absolute atomic E-state index is 0.629. The molecule has 2 aromatic rings. The molecule has 0 N–H and O–H groups in total. The van der Waals surface area contributed by atoms with E-state index in [0.29, 0.717) is 17.2 Å². The summed E-state index contributed by atoms with van der Waals surface area (Å²) >= 11 is 0. The summed E-state index contributed by atoms with van der Waals surface area (Å²) in [5.41, 5.74) is 4.60. The van der Waals surface area contributed by atoms with Gasteiger partial charge in [0.25, 0.3) is 0 Å². The summed E-state index contributed by atoms with van der Waals surface area (Å²) in [6, 6.07) is 10.4. The van der Waals surface area contributed by atoms with Gasteiger partial charge >= 0.3 is 0 Å². The lowest BCUT2D eigenvalue weighted by Crippen LogP contribution is -2.22. The van der Waals surface area contributed by atoms with Crippen LogP contribution in [0.5, 0.6) is 17.2 Å². The SMILES string of the molecule is COc1cc2c(c(OC)c1OC)-c1ccccc1CN2C. The molecule has 0 unspecified atom stereocenters. The highest BCUT2D eigenvalue weighted by atomic mass is 16.5. The van der Waals surface area contributed by atoms with Gasteiger partial charge in [-0.1, -0.05) is 24.3 Å². The monoisotopic (exact) mass is 285 g/mol. The van der Waals surface area contributed by atoms with Crippen molar-refractivity contribution in [2.75, 3.05) is 33.3 Å². The van der Waals surface area contributed by atoms with Crippen LogP contribution in [0.25, 0.3) is 11.1 Å². The Bertz CT molecular complexity index is 682. The lowest BCUT2D eigenvalue weighted by Gasteiger charge is -2.32. The predicted molar refractivity (Wildman–Crippen MR) is 83.6 cm³/mol. The van der Waals surface area contributed by atoms with E-state index >= 15 is 0 Å². The normalized spacial score (nSPS) is 12.5. The minimum Gasteiger partial charge on any atom is -0.493 e. The smallest absolute Gasteiger partial charge is 0.204 e.